The highest BCUT2D eigenvalue weighted by atomic mass is 19.4. The largest absolute Gasteiger partial charge is 0.490 e. The Morgan fingerprint density at radius 3 is 1.98 bits per heavy atom. The summed E-state index contributed by atoms with van der Waals surface area (Å²) in [5, 5.41) is 27.5. The van der Waals surface area contributed by atoms with Gasteiger partial charge >= 0.3 is 24.1 Å². The van der Waals surface area contributed by atoms with Crippen LogP contribution < -0.4 is 21.3 Å². The number of aliphatic carboxylic acids is 2. The maximum absolute atomic E-state index is 12.4. The number of hydrogen-bond acceptors (Lipinski definition) is 6. The Hall–Kier alpha value is -5.14. The molecule has 0 aliphatic carbocycles. The predicted molar refractivity (Wildman–Crippen MR) is 152 cm³/mol. The van der Waals surface area contributed by atoms with E-state index in [1.807, 2.05) is 60.7 Å². The van der Waals surface area contributed by atoms with Gasteiger partial charge in [0, 0.05) is 19.3 Å². The van der Waals surface area contributed by atoms with Crippen LogP contribution in [0.1, 0.15) is 30.9 Å². The number of aromatic nitrogens is 1. The molecule has 11 nitrogen and oxygen atoms in total. The molecule has 3 amide bonds. The minimum atomic E-state index is -5.08. The Labute approximate surface area is 245 Å². The van der Waals surface area contributed by atoms with E-state index in [4.69, 9.17) is 9.90 Å². The van der Waals surface area contributed by atoms with E-state index in [1.54, 1.807) is 18.3 Å². The highest BCUT2D eigenvalue weighted by Crippen LogP contribution is 2.23. The fraction of sp³-hybridized carbons (Fsp3) is 0.276. The van der Waals surface area contributed by atoms with Gasteiger partial charge < -0.3 is 31.5 Å². The van der Waals surface area contributed by atoms with Crippen LogP contribution in [-0.2, 0) is 14.4 Å². The highest BCUT2D eigenvalue weighted by Gasteiger charge is 2.38. The van der Waals surface area contributed by atoms with Crippen LogP contribution in [0, 0.1) is 0 Å². The molecule has 0 saturated carbocycles. The maximum atomic E-state index is 12.4. The summed E-state index contributed by atoms with van der Waals surface area (Å²) in [7, 11) is 0. The summed E-state index contributed by atoms with van der Waals surface area (Å²) in [5.74, 6) is -3.45. The second-order valence-corrected chi connectivity index (χ2v) is 8.97. The van der Waals surface area contributed by atoms with E-state index >= 15 is 0 Å². The molecule has 43 heavy (non-hydrogen) atoms. The van der Waals surface area contributed by atoms with Gasteiger partial charge in [-0.1, -0.05) is 60.7 Å². The van der Waals surface area contributed by atoms with Gasteiger partial charge in [0.2, 0.25) is 5.91 Å². The Morgan fingerprint density at radius 1 is 0.791 bits per heavy atom. The number of carboxylic acid groups (broad SMARTS) is 2. The summed E-state index contributed by atoms with van der Waals surface area (Å²) >= 11 is 0. The van der Waals surface area contributed by atoms with Crippen LogP contribution in [0.15, 0.2) is 79.0 Å². The molecule has 0 aliphatic heterocycles. The first kappa shape index (κ1) is 34.1. The number of nitrogens with one attached hydrogen (secondary N) is 4. The van der Waals surface area contributed by atoms with Crippen molar-refractivity contribution in [3.63, 3.8) is 0 Å². The number of carboxylic acids is 2. The SMILES string of the molecule is O=C(O)C(F)(F)F.O=C(O)CC(NC(=O)CNC(=O)NCCCCNc1ccccn1)c1ccc(-c2ccccc2)cc1. The van der Waals surface area contributed by atoms with Gasteiger partial charge in [0.15, 0.2) is 0 Å². The molecule has 3 aromatic rings. The fourth-order valence-corrected chi connectivity index (χ4v) is 3.57. The van der Waals surface area contributed by atoms with Crippen LogP contribution in [0.3, 0.4) is 0 Å². The lowest BCUT2D eigenvalue weighted by molar-refractivity contribution is -0.192. The number of carbonyl (C=O) groups excluding carboxylic acids is 2. The molecule has 0 aliphatic rings. The van der Waals surface area contributed by atoms with Crippen LogP contribution >= 0.6 is 0 Å². The van der Waals surface area contributed by atoms with Gasteiger partial charge in [0.1, 0.15) is 5.82 Å². The first-order valence-electron chi connectivity index (χ1n) is 13.1. The van der Waals surface area contributed by atoms with Crippen molar-refractivity contribution in [3.8, 4) is 11.1 Å². The first-order chi connectivity index (χ1) is 20.5. The molecule has 3 rings (SSSR count). The molecule has 0 fully saturated rings. The summed E-state index contributed by atoms with van der Waals surface area (Å²) in [6, 6.07) is 21.7. The molecule has 1 atom stereocenters. The number of rotatable bonds is 13. The summed E-state index contributed by atoms with van der Waals surface area (Å²) in [4.78, 5) is 48.8. The summed E-state index contributed by atoms with van der Waals surface area (Å²) in [6.45, 7) is 0.943. The number of hydrogen-bond donors (Lipinski definition) is 6. The smallest absolute Gasteiger partial charge is 0.481 e. The summed E-state index contributed by atoms with van der Waals surface area (Å²) < 4.78 is 31.7. The van der Waals surface area contributed by atoms with Gasteiger partial charge in [-0.3, -0.25) is 9.59 Å². The number of carbonyl (C=O) groups is 4. The van der Waals surface area contributed by atoms with Crippen LogP contribution in [0.4, 0.5) is 23.8 Å². The van der Waals surface area contributed by atoms with Crippen molar-refractivity contribution in [2.45, 2.75) is 31.5 Å². The van der Waals surface area contributed by atoms with E-state index in [9.17, 15) is 32.7 Å². The van der Waals surface area contributed by atoms with Crippen molar-refractivity contribution in [3.05, 3.63) is 84.6 Å². The summed E-state index contributed by atoms with van der Waals surface area (Å²) in [5.41, 5.74) is 2.71. The van der Waals surface area contributed by atoms with E-state index in [0.717, 1.165) is 36.3 Å². The van der Waals surface area contributed by atoms with Gasteiger partial charge in [-0.15, -0.1) is 0 Å². The number of urea groups is 1. The van der Waals surface area contributed by atoms with E-state index in [0.29, 0.717) is 12.1 Å². The second-order valence-electron chi connectivity index (χ2n) is 8.97. The molecular formula is C29H32F3N5O6. The van der Waals surface area contributed by atoms with Crippen LogP contribution in [0.2, 0.25) is 0 Å². The zero-order valence-electron chi connectivity index (χ0n) is 22.9. The predicted octanol–water partition coefficient (Wildman–Crippen LogP) is 4.21. The normalized spacial score (nSPS) is 11.2. The van der Waals surface area contributed by atoms with Gasteiger partial charge in [-0.2, -0.15) is 13.2 Å². The van der Waals surface area contributed by atoms with E-state index in [2.05, 4.69) is 26.3 Å². The molecule has 1 heterocycles. The number of benzene rings is 2. The molecule has 0 saturated heterocycles. The van der Waals surface area contributed by atoms with Crippen LogP contribution in [0.25, 0.3) is 11.1 Å². The zero-order chi connectivity index (χ0) is 31.7. The zero-order valence-corrected chi connectivity index (χ0v) is 22.9. The number of nitrogens with zero attached hydrogens (tertiary/aromatic N) is 1. The van der Waals surface area contributed by atoms with Gasteiger partial charge in [0.05, 0.1) is 19.0 Å². The molecule has 1 unspecified atom stereocenters. The van der Waals surface area contributed by atoms with Crippen molar-refractivity contribution in [2.75, 3.05) is 25.0 Å². The average molecular weight is 604 g/mol. The standard InChI is InChI=1S/C27H31N5O4.C2HF3O2/c33-25(19-31-27(36)30-17-7-6-16-29-24-10-4-5-15-28-24)32-23(18-26(34)35)22-13-11-21(12-14-22)20-8-2-1-3-9-20;3-2(4,5)1(6)7/h1-5,8-15,23H,6-7,16-19H2,(H,28,29)(H,32,33)(H,34,35)(H2,30,31,36);(H,6,7). The molecule has 14 heteroatoms. The second kappa shape index (κ2) is 17.6. The Morgan fingerprint density at radius 2 is 1.40 bits per heavy atom. The fourth-order valence-electron chi connectivity index (χ4n) is 3.57. The topological polar surface area (TPSA) is 170 Å². The van der Waals surface area contributed by atoms with Crippen LogP contribution in [-0.4, -0.2) is 64.9 Å². The van der Waals surface area contributed by atoms with Crippen molar-refractivity contribution in [1.29, 1.82) is 0 Å². The maximum Gasteiger partial charge on any atom is 0.490 e. The first-order valence-corrected chi connectivity index (χ1v) is 13.1. The van der Waals surface area contributed by atoms with Crippen LogP contribution in [0.5, 0.6) is 0 Å². The van der Waals surface area contributed by atoms with E-state index in [-0.39, 0.29) is 13.0 Å². The number of alkyl halides is 3. The number of anilines is 1. The third-order valence-corrected chi connectivity index (χ3v) is 5.65. The minimum Gasteiger partial charge on any atom is -0.481 e. The molecule has 0 radical (unpaired) electrons. The third kappa shape index (κ3) is 13.9. The lowest BCUT2D eigenvalue weighted by Crippen LogP contribution is -2.43. The number of halogens is 3. The van der Waals surface area contributed by atoms with Crippen molar-refractivity contribution >= 4 is 29.7 Å². The molecule has 1 aromatic heterocycles. The minimum absolute atomic E-state index is 0.259. The highest BCUT2D eigenvalue weighted by molar-refractivity contribution is 5.84. The van der Waals surface area contributed by atoms with Gasteiger partial charge in [-0.25, -0.2) is 14.6 Å². The quantitative estimate of drug-likeness (QED) is 0.158. The molecule has 2 aromatic carbocycles. The molecule has 6 N–H and O–H groups in total. The van der Waals surface area contributed by atoms with Crippen molar-refractivity contribution in [1.82, 2.24) is 20.9 Å². The van der Waals surface area contributed by atoms with E-state index < -0.39 is 36.1 Å². The van der Waals surface area contributed by atoms with Crippen molar-refractivity contribution < 1.29 is 42.6 Å². The van der Waals surface area contributed by atoms with Gasteiger partial charge in [-0.05, 0) is 41.7 Å². The number of pyridine rings is 1. The van der Waals surface area contributed by atoms with E-state index in [1.165, 1.54) is 0 Å². The number of unbranched alkanes of at least 4 members (excludes halogenated alkanes) is 1. The number of amides is 3. The Kier molecular flexibility index (Phi) is 14.0. The van der Waals surface area contributed by atoms with Gasteiger partial charge in [0.25, 0.3) is 0 Å². The Balaban J connectivity index is 0.000000821. The third-order valence-electron chi connectivity index (χ3n) is 5.65. The lowest BCUT2D eigenvalue weighted by atomic mass is 9.99. The lowest BCUT2D eigenvalue weighted by Gasteiger charge is -2.18. The monoisotopic (exact) mass is 603 g/mol. The van der Waals surface area contributed by atoms with Crippen molar-refractivity contribution in [2.24, 2.45) is 0 Å². The molecular weight excluding hydrogens is 571 g/mol. The summed E-state index contributed by atoms with van der Waals surface area (Å²) in [6.07, 6.45) is -2.03. The average Bonchev–Trinajstić information content (AvgIpc) is 2.98. The Bertz CT molecular complexity index is 1310. The molecule has 0 bridgehead atoms. The molecule has 230 valence electrons. The molecule has 0 spiro atoms.